The summed E-state index contributed by atoms with van der Waals surface area (Å²) in [6.45, 7) is 1.45. The lowest BCUT2D eigenvalue weighted by atomic mass is 10.0. The first-order valence-corrected chi connectivity index (χ1v) is 7.03. The van der Waals surface area contributed by atoms with Crippen molar-refractivity contribution in [3.05, 3.63) is 57.5 Å². The van der Waals surface area contributed by atoms with E-state index in [1.165, 1.54) is 16.7 Å². The summed E-state index contributed by atoms with van der Waals surface area (Å²) in [5.74, 6) is 0. The van der Waals surface area contributed by atoms with Crippen molar-refractivity contribution >= 4 is 31.9 Å². The van der Waals surface area contributed by atoms with Gasteiger partial charge in [0.2, 0.25) is 0 Å². The summed E-state index contributed by atoms with van der Waals surface area (Å²) in [6, 6.07) is 8.43. The Morgan fingerprint density at radius 3 is 2.71 bits per heavy atom. The number of hydrogen-bond acceptors (Lipinski definition) is 2. The third-order valence-electron chi connectivity index (χ3n) is 2.96. The van der Waals surface area contributed by atoms with Gasteiger partial charge in [0.1, 0.15) is 0 Å². The molecule has 1 aliphatic rings. The summed E-state index contributed by atoms with van der Waals surface area (Å²) in [6.07, 6.45) is 1.68. The monoisotopic (exact) mass is 356 g/mol. The molecule has 1 atom stereocenters. The highest BCUT2D eigenvalue weighted by molar-refractivity contribution is 9.10. The number of halogens is 2. The second-order valence-corrected chi connectivity index (χ2v) is 5.67. The van der Waals surface area contributed by atoms with Gasteiger partial charge in [0.25, 0.3) is 0 Å². The van der Waals surface area contributed by atoms with E-state index in [4.69, 9.17) is 9.15 Å². The van der Waals surface area contributed by atoms with Gasteiger partial charge in [0.15, 0.2) is 4.67 Å². The van der Waals surface area contributed by atoms with Crippen LogP contribution in [-0.2, 0) is 18.0 Å². The minimum atomic E-state index is 0.140. The highest BCUT2D eigenvalue weighted by Crippen LogP contribution is 2.37. The minimum absolute atomic E-state index is 0.140. The lowest BCUT2D eigenvalue weighted by molar-refractivity contribution is 0.134. The van der Waals surface area contributed by atoms with Crippen molar-refractivity contribution in [2.24, 2.45) is 0 Å². The van der Waals surface area contributed by atoms with Crippen LogP contribution in [0, 0.1) is 0 Å². The Bertz CT molecular complexity index is 548. The summed E-state index contributed by atoms with van der Waals surface area (Å²) in [7, 11) is 0. The minimum Gasteiger partial charge on any atom is -0.457 e. The van der Waals surface area contributed by atoms with Gasteiger partial charge in [-0.25, -0.2) is 0 Å². The van der Waals surface area contributed by atoms with Crippen molar-refractivity contribution in [1.82, 2.24) is 0 Å². The number of fused-ring (bicyclic) bond motifs is 1. The molecule has 88 valence electrons. The van der Waals surface area contributed by atoms with Crippen LogP contribution in [0.25, 0.3) is 0 Å². The van der Waals surface area contributed by atoms with Crippen LogP contribution in [0.1, 0.15) is 27.1 Å². The fourth-order valence-electron chi connectivity index (χ4n) is 2.01. The molecule has 0 spiro atoms. The van der Waals surface area contributed by atoms with Crippen molar-refractivity contribution in [2.45, 2.75) is 18.0 Å². The molecule has 0 saturated heterocycles. The quantitative estimate of drug-likeness (QED) is 0.735. The first-order chi connectivity index (χ1) is 8.25. The molecule has 0 fully saturated rings. The average Bonchev–Trinajstić information content (AvgIpc) is 2.95. The van der Waals surface area contributed by atoms with Crippen LogP contribution < -0.4 is 0 Å². The van der Waals surface area contributed by atoms with Crippen molar-refractivity contribution in [1.29, 1.82) is 0 Å². The van der Waals surface area contributed by atoms with Crippen LogP contribution in [-0.4, -0.2) is 0 Å². The number of hydrogen-bond donors (Lipinski definition) is 0. The smallest absolute Gasteiger partial charge is 0.173 e. The molecule has 0 radical (unpaired) electrons. The standard InChI is InChI=1S/C13H10Br2O2/c14-12(11-3-4-17-13(11)15)8-1-2-9-6-16-7-10(9)5-8/h1-5,12H,6-7H2. The fraction of sp³-hybridized carbons (Fsp3) is 0.231. The molecular weight excluding hydrogens is 348 g/mol. The van der Waals surface area contributed by atoms with Gasteiger partial charge in [0, 0.05) is 5.56 Å². The highest BCUT2D eigenvalue weighted by atomic mass is 79.9. The number of ether oxygens (including phenoxy) is 1. The van der Waals surface area contributed by atoms with E-state index in [1.54, 1.807) is 6.26 Å². The molecule has 3 rings (SSSR count). The Morgan fingerprint density at radius 2 is 1.94 bits per heavy atom. The SMILES string of the molecule is Brc1occc1C(Br)c1ccc2c(c1)COC2. The molecule has 0 amide bonds. The molecule has 1 aromatic carbocycles. The Balaban J connectivity index is 1.97. The summed E-state index contributed by atoms with van der Waals surface area (Å²) >= 11 is 7.11. The van der Waals surface area contributed by atoms with Crippen molar-refractivity contribution in [3.8, 4) is 0 Å². The third kappa shape index (κ3) is 2.09. The molecular formula is C13H10Br2O2. The van der Waals surface area contributed by atoms with Gasteiger partial charge >= 0.3 is 0 Å². The summed E-state index contributed by atoms with van der Waals surface area (Å²) in [5, 5.41) is 0. The van der Waals surface area contributed by atoms with Gasteiger partial charge in [0.05, 0.1) is 24.3 Å². The number of alkyl halides is 1. The Labute approximate surface area is 116 Å². The molecule has 0 aliphatic carbocycles. The van der Waals surface area contributed by atoms with Gasteiger partial charge in [-0.2, -0.15) is 0 Å². The van der Waals surface area contributed by atoms with Crippen LogP contribution >= 0.6 is 31.9 Å². The molecule has 0 N–H and O–H groups in total. The van der Waals surface area contributed by atoms with Gasteiger partial charge in [-0.05, 0) is 38.7 Å². The van der Waals surface area contributed by atoms with E-state index in [1.807, 2.05) is 6.07 Å². The van der Waals surface area contributed by atoms with Gasteiger partial charge < -0.3 is 9.15 Å². The van der Waals surface area contributed by atoms with Crippen LogP contribution in [0.3, 0.4) is 0 Å². The zero-order valence-electron chi connectivity index (χ0n) is 8.95. The molecule has 0 saturated carbocycles. The summed E-state index contributed by atoms with van der Waals surface area (Å²) < 4.78 is 11.5. The zero-order chi connectivity index (χ0) is 11.8. The van der Waals surface area contributed by atoms with Crippen LogP contribution in [0.15, 0.2) is 39.6 Å². The molecule has 2 aromatic rings. The van der Waals surface area contributed by atoms with Crippen LogP contribution in [0.2, 0.25) is 0 Å². The van der Waals surface area contributed by atoms with Crippen LogP contribution in [0.5, 0.6) is 0 Å². The fourth-order valence-corrected chi connectivity index (χ4v) is 3.44. The van der Waals surface area contributed by atoms with Crippen LogP contribution in [0.4, 0.5) is 0 Å². The molecule has 2 nitrogen and oxygen atoms in total. The molecule has 17 heavy (non-hydrogen) atoms. The predicted octanol–water partition coefficient (Wildman–Crippen LogP) is 4.56. The van der Waals surface area contributed by atoms with E-state index < -0.39 is 0 Å². The van der Waals surface area contributed by atoms with Crippen molar-refractivity contribution in [3.63, 3.8) is 0 Å². The highest BCUT2D eigenvalue weighted by Gasteiger charge is 2.18. The van der Waals surface area contributed by atoms with E-state index in [9.17, 15) is 0 Å². The van der Waals surface area contributed by atoms with Gasteiger partial charge in [-0.1, -0.05) is 34.1 Å². The van der Waals surface area contributed by atoms with E-state index in [-0.39, 0.29) is 4.83 Å². The van der Waals surface area contributed by atoms with E-state index in [0.717, 1.165) is 23.4 Å². The molecule has 2 heterocycles. The maximum atomic E-state index is 5.42. The second-order valence-electron chi connectivity index (χ2n) is 4.03. The maximum Gasteiger partial charge on any atom is 0.173 e. The van der Waals surface area contributed by atoms with Crippen molar-refractivity contribution < 1.29 is 9.15 Å². The molecule has 1 aromatic heterocycles. The van der Waals surface area contributed by atoms with Gasteiger partial charge in [-0.3, -0.25) is 0 Å². The van der Waals surface area contributed by atoms with Gasteiger partial charge in [-0.15, -0.1) is 0 Å². The first kappa shape index (κ1) is 11.5. The normalized spacial score (nSPS) is 15.9. The molecule has 0 bridgehead atoms. The molecule has 1 unspecified atom stereocenters. The first-order valence-electron chi connectivity index (χ1n) is 5.32. The second kappa shape index (κ2) is 4.59. The number of furan rings is 1. The van der Waals surface area contributed by atoms with E-state index in [0.29, 0.717) is 0 Å². The summed E-state index contributed by atoms with van der Waals surface area (Å²) in [4.78, 5) is 0.140. The maximum absolute atomic E-state index is 5.42. The molecule has 4 heteroatoms. The topological polar surface area (TPSA) is 22.4 Å². The Hall–Kier alpha value is -0.580. The number of benzene rings is 1. The lowest BCUT2D eigenvalue weighted by Crippen LogP contribution is -1.94. The predicted molar refractivity (Wildman–Crippen MR) is 72.1 cm³/mol. The third-order valence-corrected chi connectivity index (χ3v) is 4.62. The molecule has 1 aliphatic heterocycles. The lowest BCUT2D eigenvalue weighted by Gasteiger charge is -2.10. The number of rotatable bonds is 2. The largest absolute Gasteiger partial charge is 0.457 e. The Kier molecular flexibility index (Phi) is 3.11. The van der Waals surface area contributed by atoms with E-state index in [2.05, 4.69) is 50.1 Å². The summed E-state index contributed by atoms with van der Waals surface area (Å²) in [5.41, 5.74) is 4.89. The average molecular weight is 358 g/mol. The Morgan fingerprint density at radius 1 is 1.12 bits per heavy atom. The zero-order valence-corrected chi connectivity index (χ0v) is 12.1. The van der Waals surface area contributed by atoms with Crippen molar-refractivity contribution in [2.75, 3.05) is 0 Å². The van der Waals surface area contributed by atoms with E-state index >= 15 is 0 Å².